The van der Waals surface area contributed by atoms with Crippen LogP contribution in [0, 0.1) is 5.92 Å². The molecule has 0 aliphatic rings. The summed E-state index contributed by atoms with van der Waals surface area (Å²) < 4.78 is 0. The van der Waals surface area contributed by atoms with E-state index in [1.54, 1.807) is 0 Å². The standard InChI is InChI=1S/C9H16/c1-5-9(4)7-6-8(2)3/h6-8H,4-5H2,1-3H3/b7-6-. The second-order valence-corrected chi connectivity index (χ2v) is 2.61. The van der Waals surface area contributed by atoms with Crippen molar-refractivity contribution in [2.75, 3.05) is 0 Å². The SMILES string of the molecule is C=C(/C=C\C(C)C)CC. The molecule has 0 saturated heterocycles. The summed E-state index contributed by atoms with van der Waals surface area (Å²) >= 11 is 0. The summed E-state index contributed by atoms with van der Waals surface area (Å²) in [5.74, 6) is 0.647. The van der Waals surface area contributed by atoms with Crippen LogP contribution in [0.25, 0.3) is 0 Å². The summed E-state index contributed by atoms with van der Waals surface area (Å²) in [5.41, 5.74) is 1.21. The summed E-state index contributed by atoms with van der Waals surface area (Å²) in [7, 11) is 0. The van der Waals surface area contributed by atoms with E-state index in [2.05, 4.69) is 39.5 Å². The van der Waals surface area contributed by atoms with Crippen molar-refractivity contribution in [3.05, 3.63) is 24.3 Å². The molecule has 0 amide bonds. The molecule has 0 N–H and O–H groups in total. The molecule has 0 saturated carbocycles. The molecule has 0 nitrogen and oxygen atoms in total. The second kappa shape index (κ2) is 4.37. The van der Waals surface area contributed by atoms with Crippen LogP contribution in [0.4, 0.5) is 0 Å². The zero-order valence-corrected chi connectivity index (χ0v) is 6.65. The Balaban J connectivity index is 3.57. The molecule has 0 fully saturated rings. The van der Waals surface area contributed by atoms with Gasteiger partial charge in [-0.25, -0.2) is 0 Å². The number of rotatable bonds is 3. The molecule has 0 aliphatic carbocycles. The maximum Gasteiger partial charge on any atom is -0.0287 e. The summed E-state index contributed by atoms with van der Waals surface area (Å²) in [4.78, 5) is 0. The van der Waals surface area contributed by atoms with Crippen LogP contribution in [0.1, 0.15) is 27.2 Å². The van der Waals surface area contributed by atoms with Crippen LogP contribution in [0.2, 0.25) is 0 Å². The quantitative estimate of drug-likeness (QED) is 0.507. The Hall–Kier alpha value is -0.520. The van der Waals surface area contributed by atoms with Crippen LogP contribution in [0.3, 0.4) is 0 Å². The highest BCUT2D eigenvalue weighted by atomic mass is 13.9. The normalized spacial score (nSPS) is 11.1. The molecular weight excluding hydrogens is 108 g/mol. The zero-order chi connectivity index (χ0) is 7.28. The lowest BCUT2D eigenvalue weighted by atomic mass is 10.1. The first kappa shape index (κ1) is 8.48. The fraction of sp³-hybridized carbons (Fsp3) is 0.556. The second-order valence-electron chi connectivity index (χ2n) is 2.61. The molecule has 9 heavy (non-hydrogen) atoms. The van der Waals surface area contributed by atoms with Crippen molar-refractivity contribution in [2.45, 2.75) is 27.2 Å². The van der Waals surface area contributed by atoms with Crippen LogP contribution in [0.5, 0.6) is 0 Å². The molecule has 0 unspecified atom stereocenters. The first-order valence-corrected chi connectivity index (χ1v) is 3.52. The average Bonchev–Trinajstić information content (AvgIpc) is 1.83. The minimum atomic E-state index is 0.647. The third-order valence-corrected chi connectivity index (χ3v) is 1.17. The fourth-order valence-electron chi connectivity index (χ4n) is 0.446. The Bertz CT molecular complexity index is 107. The Kier molecular flexibility index (Phi) is 4.12. The molecule has 0 bridgehead atoms. The van der Waals surface area contributed by atoms with E-state index in [4.69, 9.17) is 0 Å². The highest BCUT2D eigenvalue weighted by Crippen LogP contribution is 2.01. The average molecular weight is 124 g/mol. The lowest BCUT2D eigenvalue weighted by molar-refractivity contribution is 0.830. The van der Waals surface area contributed by atoms with Crippen molar-refractivity contribution >= 4 is 0 Å². The molecule has 0 radical (unpaired) electrons. The van der Waals surface area contributed by atoms with Gasteiger partial charge in [0.1, 0.15) is 0 Å². The van der Waals surface area contributed by atoms with Crippen molar-refractivity contribution in [1.82, 2.24) is 0 Å². The monoisotopic (exact) mass is 124 g/mol. The third kappa shape index (κ3) is 5.35. The van der Waals surface area contributed by atoms with Gasteiger partial charge in [0.2, 0.25) is 0 Å². The van der Waals surface area contributed by atoms with Gasteiger partial charge < -0.3 is 0 Å². The Morgan fingerprint density at radius 2 is 2.11 bits per heavy atom. The lowest BCUT2D eigenvalue weighted by Gasteiger charge is -1.94. The predicted octanol–water partition coefficient (Wildman–Crippen LogP) is 3.16. The summed E-state index contributed by atoms with van der Waals surface area (Å²) in [6.07, 6.45) is 5.33. The van der Waals surface area contributed by atoms with E-state index < -0.39 is 0 Å². The molecule has 0 rings (SSSR count). The predicted molar refractivity (Wildman–Crippen MR) is 43.4 cm³/mol. The summed E-state index contributed by atoms with van der Waals surface area (Å²) in [6.45, 7) is 10.3. The van der Waals surface area contributed by atoms with E-state index in [-0.39, 0.29) is 0 Å². The van der Waals surface area contributed by atoms with E-state index in [1.165, 1.54) is 5.57 Å². The van der Waals surface area contributed by atoms with Gasteiger partial charge in [-0.3, -0.25) is 0 Å². The largest absolute Gasteiger partial charge is 0.0959 e. The van der Waals surface area contributed by atoms with Gasteiger partial charge in [-0.05, 0) is 12.3 Å². The molecule has 0 spiro atoms. The van der Waals surface area contributed by atoms with E-state index >= 15 is 0 Å². The highest BCUT2D eigenvalue weighted by molar-refractivity contribution is 5.13. The number of allylic oxidation sites excluding steroid dienone is 3. The molecule has 0 aromatic heterocycles. The Morgan fingerprint density at radius 1 is 1.56 bits per heavy atom. The van der Waals surface area contributed by atoms with Crippen molar-refractivity contribution in [3.63, 3.8) is 0 Å². The lowest BCUT2D eigenvalue weighted by Crippen LogP contribution is -1.77. The molecule has 0 heterocycles. The van der Waals surface area contributed by atoms with Crippen LogP contribution in [0.15, 0.2) is 24.3 Å². The molecule has 0 aromatic rings. The molecule has 0 aromatic carbocycles. The van der Waals surface area contributed by atoms with E-state index in [0.717, 1.165) is 6.42 Å². The minimum Gasteiger partial charge on any atom is -0.0959 e. The topological polar surface area (TPSA) is 0 Å². The van der Waals surface area contributed by atoms with Crippen LogP contribution in [-0.2, 0) is 0 Å². The van der Waals surface area contributed by atoms with E-state index in [9.17, 15) is 0 Å². The van der Waals surface area contributed by atoms with Crippen molar-refractivity contribution < 1.29 is 0 Å². The molecule has 0 atom stereocenters. The van der Waals surface area contributed by atoms with Gasteiger partial charge in [-0.1, -0.05) is 45.1 Å². The first-order valence-electron chi connectivity index (χ1n) is 3.52. The van der Waals surface area contributed by atoms with Gasteiger partial charge in [0.05, 0.1) is 0 Å². The maximum atomic E-state index is 3.86. The Morgan fingerprint density at radius 3 is 2.44 bits per heavy atom. The number of hydrogen-bond donors (Lipinski definition) is 0. The van der Waals surface area contributed by atoms with Crippen molar-refractivity contribution in [3.8, 4) is 0 Å². The minimum absolute atomic E-state index is 0.647. The zero-order valence-electron chi connectivity index (χ0n) is 6.65. The van der Waals surface area contributed by atoms with Crippen LogP contribution in [-0.4, -0.2) is 0 Å². The van der Waals surface area contributed by atoms with Crippen LogP contribution >= 0.6 is 0 Å². The molecule has 0 heteroatoms. The van der Waals surface area contributed by atoms with Gasteiger partial charge in [-0.2, -0.15) is 0 Å². The van der Waals surface area contributed by atoms with E-state index in [0.29, 0.717) is 5.92 Å². The third-order valence-electron chi connectivity index (χ3n) is 1.17. The maximum absolute atomic E-state index is 3.86. The van der Waals surface area contributed by atoms with Crippen molar-refractivity contribution in [1.29, 1.82) is 0 Å². The molecular formula is C9H16. The fourth-order valence-corrected chi connectivity index (χ4v) is 0.446. The van der Waals surface area contributed by atoms with Gasteiger partial charge in [0.25, 0.3) is 0 Å². The van der Waals surface area contributed by atoms with E-state index in [1.807, 2.05) is 0 Å². The summed E-state index contributed by atoms with van der Waals surface area (Å²) in [5, 5.41) is 0. The van der Waals surface area contributed by atoms with Gasteiger partial charge in [0.15, 0.2) is 0 Å². The molecule has 52 valence electrons. The molecule has 0 aliphatic heterocycles. The van der Waals surface area contributed by atoms with Gasteiger partial charge in [0, 0.05) is 0 Å². The first-order chi connectivity index (χ1) is 4.16. The van der Waals surface area contributed by atoms with Crippen LogP contribution < -0.4 is 0 Å². The van der Waals surface area contributed by atoms with Gasteiger partial charge >= 0.3 is 0 Å². The smallest absolute Gasteiger partial charge is 0.0287 e. The highest BCUT2D eigenvalue weighted by Gasteiger charge is 1.84. The number of hydrogen-bond acceptors (Lipinski definition) is 0. The van der Waals surface area contributed by atoms with Crippen molar-refractivity contribution in [2.24, 2.45) is 5.92 Å². The summed E-state index contributed by atoms with van der Waals surface area (Å²) in [6, 6.07) is 0. The van der Waals surface area contributed by atoms with Gasteiger partial charge in [-0.15, -0.1) is 0 Å². The Labute approximate surface area is 58.3 Å².